The van der Waals surface area contributed by atoms with Crippen LogP contribution in [0.2, 0.25) is 0 Å². The number of hydrogen-bond acceptors (Lipinski definition) is 6. The summed E-state index contributed by atoms with van der Waals surface area (Å²) in [5.41, 5.74) is 1.13. The van der Waals surface area contributed by atoms with Gasteiger partial charge in [0.2, 0.25) is 5.91 Å². The van der Waals surface area contributed by atoms with Crippen LogP contribution in [0.1, 0.15) is 34.7 Å². The third-order valence-corrected chi connectivity index (χ3v) is 4.69. The molecule has 1 atom stereocenters. The van der Waals surface area contributed by atoms with Gasteiger partial charge in [0.15, 0.2) is 5.13 Å². The zero-order chi connectivity index (χ0) is 16.9. The minimum absolute atomic E-state index is 0.0439. The minimum atomic E-state index is -0.264. The second kappa shape index (κ2) is 7.59. The first-order valence-corrected chi connectivity index (χ1v) is 8.79. The lowest BCUT2D eigenvalue weighted by Gasteiger charge is -2.23. The van der Waals surface area contributed by atoms with Crippen molar-refractivity contribution >= 4 is 28.3 Å². The zero-order valence-corrected chi connectivity index (χ0v) is 14.2. The van der Waals surface area contributed by atoms with Crippen molar-refractivity contribution in [3.63, 3.8) is 0 Å². The Morgan fingerprint density at radius 3 is 3.08 bits per heavy atom. The van der Waals surface area contributed by atoms with Gasteiger partial charge in [0.05, 0.1) is 23.9 Å². The highest BCUT2D eigenvalue weighted by Gasteiger charge is 2.17. The van der Waals surface area contributed by atoms with E-state index in [1.54, 1.807) is 18.4 Å². The van der Waals surface area contributed by atoms with Gasteiger partial charge in [0.25, 0.3) is 5.91 Å². The van der Waals surface area contributed by atoms with Gasteiger partial charge in [-0.15, -0.1) is 11.3 Å². The van der Waals surface area contributed by atoms with Crippen LogP contribution < -0.4 is 16.0 Å². The number of anilines is 1. The molecule has 0 aliphatic carbocycles. The average Bonchev–Trinajstić information content (AvgIpc) is 3.17. The number of amides is 2. The highest BCUT2D eigenvalue weighted by molar-refractivity contribution is 7.14. The maximum absolute atomic E-state index is 12.1. The number of piperidine rings is 1. The number of aryl methyl sites for hydroxylation is 1. The summed E-state index contributed by atoms with van der Waals surface area (Å²) in [7, 11) is 0. The van der Waals surface area contributed by atoms with Gasteiger partial charge in [-0.3, -0.25) is 14.9 Å². The Morgan fingerprint density at radius 2 is 2.38 bits per heavy atom. The van der Waals surface area contributed by atoms with Gasteiger partial charge < -0.3 is 15.1 Å². The number of carbonyl (C=O) groups excluding carboxylic acids is 2. The number of thiazole rings is 1. The van der Waals surface area contributed by atoms with Gasteiger partial charge in [0, 0.05) is 18.0 Å². The van der Waals surface area contributed by atoms with E-state index in [0.717, 1.165) is 25.9 Å². The molecule has 0 spiro atoms. The van der Waals surface area contributed by atoms with E-state index in [9.17, 15) is 9.59 Å². The van der Waals surface area contributed by atoms with Crippen molar-refractivity contribution in [3.8, 4) is 0 Å². The number of hydrogen-bond donors (Lipinski definition) is 3. The molecule has 2 aromatic rings. The van der Waals surface area contributed by atoms with E-state index in [4.69, 9.17) is 4.42 Å². The lowest BCUT2D eigenvalue weighted by molar-refractivity contribution is -0.121. The summed E-state index contributed by atoms with van der Waals surface area (Å²) in [6.45, 7) is 3.55. The molecule has 1 aliphatic heterocycles. The van der Waals surface area contributed by atoms with Crippen LogP contribution in [0.4, 0.5) is 5.13 Å². The van der Waals surface area contributed by atoms with Gasteiger partial charge >= 0.3 is 0 Å². The number of furan rings is 1. The Bertz CT molecular complexity index is 718. The summed E-state index contributed by atoms with van der Waals surface area (Å²) < 4.78 is 5.12. The zero-order valence-electron chi connectivity index (χ0n) is 13.4. The molecular weight excluding hydrogens is 328 g/mol. The summed E-state index contributed by atoms with van der Waals surface area (Å²) in [5.74, 6) is 0.252. The Labute approximate surface area is 143 Å². The molecule has 8 heteroatoms. The van der Waals surface area contributed by atoms with Crippen molar-refractivity contribution < 1.29 is 14.0 Å². The molecule has 2 aromatic heterocycles. The van der Waals surface area contributed by atoms with Gasteiger partial charge in [0.1, 0.15) is 5.76 Å². The smallest absolute Gasteiger partial charge is 0.260 e. The highest BCUT2D eigenvalue weighted by Crippen LogP contribution is 2.18. The number of aromatic nitrogens is 1. The van der Waals surface area contributed by atoms with Crippen LogP contribution >= 0.6 is 11.3 Å². The van der Waals surface area contributed by atoms with E-state index in [0.29, 0.717) is 22.1 Å². The van der Waals surface area contributed by atoms with E-state index in [1.165, 1.54) is 17.6 Å². The Morgan fingerprint density at radius 1 is 1.50 bits per heavy atom. The maximum Gasteiger partial charge on any atom is 0.260 e. The van der Waals surface area contributed by atoms with Crippen molar-refractivity contribution in [1.82, 2.24) is 15.6 Å². The van der Waals surface area contributed by atoms with Crippen molar-refractivity contribution in [2.24, 2.45) is 0 Å². The Hall–Kier alpha value is -2.19. The molecule has 0 aromatic carbocycles. The molecule has 0 saturated carbocycles. The molecule has 3 rings (SSSR count). The van der Waals surface area contributed by atoms with Crippen molar-refractivity contribution in [3.05, 3.63) is 34.7 Å². The van der Waals surface area contributed by atoms with Crippen molar-refractivity contribution in [2.75, 3.05) is 18.4 Å². The van der Waals surface area contributed by atoms with Crippen LogP contribution in [-0.4, -0.2) is 35.9 Å². The molecule has 3 heterocycles. The summed E-state index contributed by atoms with van der Waals surface area (Å²) in [5, 5.41) is 11.3. The predicted molar refractivity (Wildman–Crippen MR) is 91.3 cm³/mol. The van der Waals surface area contributed by atoms with E-state index in [1.807, 2.05) is 0 Å². The molecule has 7 nitrogen and oxygen atoms in total. The van der Waals surface area contributed by atoms with Crippen LogP contribution in [0.15, 0.2) is 22.1 Å². The monoisotopic (exact) mass is 348 g/mol. The summed E-state index contributed by atoms with van der Waals surface area (Å²) >= 11 is 1.30. The largest absolute Gasteiger partial charge is 0.469 e. The second-order valence-corrected chi connectivity index (χ2v) is 6.63. The van der Waals surface area contributed by atoms with Crippen LogP contribution in [0.5, 0.6) is 0 Å². The summed E-state index contributed by atoms with van der Waals surface area (Å²) in [6.07, 6.45) is 3.77. The predicted octanol–water partition coefficient (Wildman–Crippen LogP) is 1.71. The third kappa shape index (κ3) is 4.21. The van der Waals surface area contributed by atoms with Gasteiger partial charge in [-0.25, -0.2) is 4.98 Å². The van der Waals surface area contributed by atoms with Crippen LogP contribution in [0, 0.1) is 6.92 Å². The fourth-order valence-electron chi connectivity index (χ4n) is 2.65. The van der Waals surface area contributed by atoms with E-state index >= 15 is 0 Å². The molecule has 1 saturated heterocycles. The summed E-state index contributed by atoms with van der Waals surface area (Å²) in [4.78, 5) is 28.5. The van der Waals surface area contributed by atoms with Crippen molar-refractivity contribution in [2.45, 2.75) is 32.2 Å². The van der Waals surface area contributed by atoms with Gasteiger partial charge in [-0.1, -0.05) is 0 Å². The minimum Gasteiger partial charge on any atom is -0.469 e. The standard InChI is InChI=1S/C16H20N4O3S/c1-10-13(4-6-23-10)15(22)20-16-19-12(9-24-16)7-14(21)18-11-3-2-5-17-8-11/h4,6,9,11,17H,2-3,5,7-8H2,1H3,(H,18,21)(H,19,20,22). The topological polar surface area (TPSA) is 96.3 Å². The van der Waals surface area contributed by atoms with Gasteiger partial charge in [-0.2, -0.15) is 0 Å². The summed E-state index contributed by atoms with van der Waals surface area (Å²) in [6, 6.07) is 1.80. The lowest BCUT2D eigenvalue weighted by atomic mass is 10.1. The van der Waals surface area contributed by atoms with E-state index < -0.39 is 0 Å². The number of nitrogens with one attached hydrogen (secondary N) is 3. The molecule has 1 fully saturated rings. The Balaban J connectivity index is 1.52. The number of nitrogens with zero attached hydrogens (tertiary/aromatic N) is 1. The van der Waals surface area contributed by atoms with Crippen molar-refractivity contribution in [1.29, 1.82) is 0 Å². The quantitative estimate of drug-likeness (QED) is 0.764. The third-order valence-electron chi connectivity index (χ3n) is 3.88. The van der Waals surface area contributed by atoms with E-state index in [-0.39, 0.29) is 24.3 Å². The first kappa shape index (κ1) is 16.7. The normalized spacial score (nSPS) is 17.5. The molecular formula is C16H20N4O3S. The lowest BCUT2D eigenvalue weighted by Crippen LogP contribution is -2.46. The fraction of sp³-hybridized carbons (Fsp3) is 0.438. The van der Waals surface area contributed by atoms with Crippen LogP contribution in [0.25, 0.3) is 0 Å². The second-order valence-electron chi connectivity index (χ2n) is 5.78. The molecule has 24 heavy (non-hydrogen) atoms. The molecule has 0 radical (unpaired) electrons. The molecule has 0 bridgehead atoms. The van der Waals surface area contributed by atoms with Crippen LogP contribution in [-0.2, 0) is 11.2 Å². The first-order chi connectivity index (χ1) is 11.6. The number of rotatable bonds is 5. The average molecular weight is 348 g/mol. The fourth-order valence-corrected chi connectivity index (χ4v) is 3.35. The molecule has 128 valence electrons. The molecule has 1 aliphatic rings. The maximum atomic E-state index is 12.1. The van der Waals surface area contributed by atoms with E-state index in [2.05, 4.69) is 20.9 Å². The van der Waals surface area contributed by atoms with Gasteiger partial charge in [-0.05, 0) is 32.4 Å². The molecule has 3 N–H and O–H groups in total. The number of carbonyl (C=O) groups is 2. The van der Waals surface area contributed by atoms with Crippen LogP contribution in [0.3, 0.4) is 0 Å². The Kier molecular flexibility index (Phi) is 5.27. The molecule has 1 unspecified atom stereocenters. The SMILES string of the molecule is Cc1occc1C(=O)Nc1nc(CC(=O)NC2CCCNC2)cs1. The highest BCUT2D eigenvalue weighted by atomic mass is 32.1. The first-order valence-electron chi connectivity index (χ1n) is 7.92. The molecule has 2 amide bonds.